The van der Waals surface area contributed by atoms with E-state index in [1.807, 2.05) is 6.92 Å². The van der Waals surface area contributed by atoms with E-state index in [4.69, 9.17) is 5.11 Å². The first kappa shape index (κ1) is 13.9. The molecule has 0 aliphatic heterocycles. The smallest absolute Gasteiger partial charge is 0.279 e. The van der Waals surface area contributed by atoms with Gasteiger partial charge < -0.3 is 5.11 Å². The van der Waals surface area contributed by atoms with Crippen LogP contribution in [0, 0.1) is 5.92 Å². The third kappa shape index (κ3) is 4.78. The van der Waals surface area contributed by atoms with Crippen molar-refractivity contribution in [2.75, 3.05) is 20.2 Å². The van der Waals surface area contributed by atoms with Crippen LogP contribution in [0.4, 0.5) is 0 Å². The van der Waals surface area contributed by atoms with Gasteiger partial charge in [0.15, 0.2) is 0 Å². The SMILES string of the molecule is CC(CC1CC1)NS(=O)(=O)N(C)CCCO. The summed E-state index contributed by atoms with van der Waals surface area (Å²) in [7, 11) is -1.85. The van der Waals surface area contributed by atoms with Gasteiger partial charge in [-0.05, 0) is 25.7 Å². The molecule has 0 saturated heterocycles. The summed E-state index contributed by atoms with van der Waals surface area (Å²) in [6.45, 7) is 2.26. The van der Waals surface area contributed by atoms with Crippen molar-refractivity contribution in [3.8, 4) is 0 Å². The number of nitrogens with zero attached hydrogens (tertiary/aromatic N) is 1. The maximum atomic E-state index is 11.8. The first-order chi connectivity index (χ1) is 7.45. The van der Waals surface area contributed by atoms with E-state index in [1.54, 1.807) is 0 Å². The number of hydrogen-bond donors (Lipinski definition) is 2. The summed E-state index contributed by atoms with van der Waals surface area (Å²) in [5.74, 6) is 0.709. The lowest BCUT2D eigenvalue weighted by molar-refractivity contribution is 0.275. The minimum Gasteiger partial charge on any atom is -0.396 e. The van der Waals surface area contributed by atoms with E-state index in [1.165, 1.54) is 24.2 Å². The van der Waals surface area contributed by atoms with E-state index < -0.39 is 10.2 Å². The van der Waals surface area contributed by atoms with Gasteiger partial charge in [-0.2, -0.15) is 17.4 Å². The molecule has 1 aliphatic carbocycles. The van der Waals surface area contributed by atoms with Gasteiger partial charge in [-0.3, -0.25) is 0 Å². The van der Waals surface area contributed by atoms with Gasteiger partial charge in [0, 0.05) is 26.2 Å². The Morgan fingerprint density at radius 3 is 2.62 bits per heavy atom. The summed E-state index contributed by atoms with van der Waals surface area (Å²) in [6, 6.07) is -0.00548. The molecule has 1 rings (SSSR count). The lowest BCUT2D eigenvalue weighted by Gasteiger charge is -2.20. The zero-order valence-electron chi connectivity index (χ0n) is 10.0. The summed E-state index contributed by atoms with van der Waals surface area (Å²) in [6.07, 6.45) is 3.85. The Labute approximate surface area is 98.0 Å². The second-order valence-electron chi connectivity index (χ2n) is 4.60. The second-order valence-corrected chi connectivity index (χ2v) is 6.41. The molecular formula is C10H22N2O3S. The Bertz CT molecular complexity index is 301. The van der Waals surface area contributed by atoms with Crippen molar-refractivity contribution in [1.82, 2.24) is 9.03 Å². The van der Waals surface area contributed by atoms with Crippen molar-refractivity contribution in [3.05, 3.63) is 0 Å². The van der Waals surface area contributed by atoms with E-state index >= 15 is 0 Å². The van der Waals surface area contributed by atoms with Gasteiger partial charge in [-0.1, -0.05) is 12.8 Å². The molecule has 0 radical (unpaired) electrons. The number of nitrogens with one attached hydrogen (secondary N) is 1. The van der Waals surface area contributed by atoms with Gasteiger partial charge >= 0.3 is 0 Å². The first-order valence-corrected chi connectivity index (χ1v) is 7.24. The Morgan fingerprint density at radius 1 is 1.50 bits per heavy atom. The lowest BCUT2D eigenvalue weighted by Crippen LogP contribution is -2.43. The van der Waals surface area contributed by atoms with Gasteiger partial charge in [0.05, 0.1) is 0 Å². The standard InChI is InChI=1S/C10H22N2O3S/c1-9(8-10-4-5-10)11-16(14,15)12(2)6-3-7-13/h9-11,13H,3-8H2,1-2H3. The average Bonchev–Trinajstić information content (AvgIpc) is 2.96. The highest BCUT2D eigenvalue weighted by Gasteiger charge is 2.26. The van der Waals surface area contributed by atoms with Gasteiger partial charge in [0.2, 0.25) is 0 Å². The number of rotatable bonds is 8. The van der Waals surface area contributed by atoms with Gasteiger partial charge in [-0.25, -0.2) is 0 Å². The normalized spacial score (nSPS) is 19.0. The van der Waals surface area contributed by atoms with Crippen LogP contribution in [0.2, 0.25) is 0 Å². The monoisotopic (exact) mass is 250 g/mol. The molecule has 0 heterocycles. The Hall–Kier alpha value is -0.170. The highest BCUT2D eigenvalue weighted by molar-refractivity contribution is 7.87. The van der Waals surface area contributed by atoms with Crippen LogP contribution in [0.5, 0.6) is 0 Å². The van der Waals surface area contributed by atoms with Crippen LogP contribution in [-0.4, -0.2) is 44.1 Å². The molecule has 96 valence electrons. The van der Waals surface area contributed by atoms with Crippen molar-refractivity contribution < 1.29 is 13.5 Å². The molecule has 0 amide bonds. The van der Waals surface area contributed by atoms with Crippen molar-refractivity contribution in [3.63, 3.8) is 0 Å². The van der Waals surface area contributed by atoms with Crippen LogP contribution in [-0.2, 0) is 10.2 Å². The molecule has 6 heteroatoms. The number of hydrogen-bond acceptors (Lipinski definition) is 3. The van der Waals surface area contributed by atoms with Crippen LogP contribution in [0.1, 0.15) is 32.6 Å². The van der Waals surface area contributed by atoms with E-state index in [0.29, 0.717) is 18.9 Å². The highest BCUT2D eigenvalue weighted by atomic mass is 32.2. The van der Waals surface area contributed by atoms with Crippen molar-refractivity contribution in [1.29, 1.82) is 0 Å². The molecular weight excluding hydrogens is 228 g/mol. The largest absolute Gasteiger partial charge is 0.396 e. The molecule has 0 bridgehead atoms. The third-order valence-corrected chi connectivity index (χ3v) is 4.48. The van der Waals surface area contributed by atoms with E-state index in [2.05, 4.69) is 4.72 Å². The maximum absolute atomic E-state index is 11.8. The quantitative estimate of drug-likeness (QED) is 0.652. The number of aliphatic hydroxyl groups is 1. The minimum absolute atomic E-state index is 0.00548. The minimum atomic E-state index is -3.38. The summed E-state index contributed by atoms with van der Waals surface area (Å²) in [4.78, 5) is 0. The van der Waals surface area contributed by atoms with Crippen LogP contribution >= 0.6 is 0 Å². The molecule has 1 aliphatic rings. The summed E-state index contributed by atoms with van der Waals surface area (Å²) in [5, 5.41) is 8.65. The zero-order chi connectivity index (χ0) is 12.2. The fourth-order valence-electron chi connectivity index (χ4n) is 1.66. The Kier molecular flexibility index (Phi) is 5.17. The van der Waals surface area contributed by atoms with Crippen LogP contribution < -0.4 is 4.72 Å². The zero-order valence-corrected chi connectivity index (χ0v) is 10.8. The summed E-state index contributed by atoms with van der Waals surface area (Å²) >= 11 is 0. The Balaban J connectivity index is 2.36. The van der Waals surface area contributed by atoms with E-state index in [9.17, 15) is 8.42 Å². The molecule has 1 unspecified atom stereocenters. The molecule has 5 nitrogen and oxygen atoms in total. The molecule has 0 aromatic heterocycles. The molecule has 0 aromatic carbocycles. The molecule has 0 spiro atoms. The predicted molar refractivity (Wildman–Crippen MR) is 63.2 cm³/mol. The van der Waals surface area contributed by atoms with Crippen LogP contribution in [0.3, 0.4) is 0 Å². The van der Waals surface area contributed by atoms with Gasteiger partial charge in [0.25, 0.3) is 10.2 Å². The summed E-state index contributed by atoms with van der Waals surface area (Å²) < 4.78 is 27.5. The summed E-state index contributed by atoms with van der Waals surface area (Å²) in [5.41, 5.74) is 0. The first-order valence-electron chi connectivity index (χ1n) is 5.80. The van der Waals surface area contributed by atoms with E-state index in [0.717, 1.165) is 6.42 Å². The molecule has 16 heavy (non-hydrogen) atoms. The third-order valence-electron chi connectivity index (χ3n) is 2.78. The van der Waals surface area contributed by atoms with Crippen LogP contribution in [0.15, 0.2) is 0 Å². The van der Waals surface area contributed by atoms with Gasteiger partial charge in [0.1, 0.15) is 0 Å². The molecule has 1 atom stereocenters. The second kappa shape index (κ2) is 5.95. The highest BCUT2D eigenvalue weighted by Crippen LogP contribution is 2.33. The maximum Gasteiger partial charge on any atom is 0.279 e. The van der Waals surface area contributed by atoms with Crippen LogP contribution in [0.25, 0.3) is 0 Å². The molecule has 0 aromatic rings. The number of aliphatic hydroxyl groups excluding tert-OH is 1. The average molecular weight is 250 g/mol. The van der Waals surface area contributed by atoms with E-state index in [-0.39, 0.29) is 12.6 Å². The molecule has 2 N–H and O–H groups in total. The van der Waals surface area contributed by atoms with Gasteiger partial charge in [-0.15, -0.1) is 0 Å². The molecule has 1 saturated carbocycles. The lowest BCUT2D eigenvalue weighted by atomic mass is 10.2. The molecule has 1 fully saturated rings. The van der Waals surface area contributed by atoms with Crippen molar-refractivity contribution >= 4 is 10.2 Å². The van der Waals surface area contributed by atoms with Crippen molar-refractivity contribution in [2.45, 2.75) is 38.6 Å². The van der Waals surface area contributed by atoms with Crippen molar-refractivity contribution in [2.24, 2.45) is 5.92 Å². The topological polar surface area (TPSA) is 69.6 Å². The Morgan fingerprint density at radius 2 is 2.12 bits per heavy atom. The predicted octanol–water partition coefficient (Wildman–Crippen LogP) is 0.324. The fraction of sp³-hybridized carbons (Fsp3) is 1.00. The fourth-order valence-corrected chi connectivity index (χ4v) is 2.81.